The molecule has 9 nitrogen and oxygen atoms in total. The van der Waals surface area contributed by atoms with E-state index in [0.29, 0.717) is 32.8 Å². The van der Waals surface area contributed by atoms with E-state index in [4.69, 9.17) is 32.7 Å². The van der Waals surface area contributed by atoms with Gasteiger partial charge in [0.25, 0.3) is 0 Å². The van der Waals surface area contributed by atoms with Crippen LogP contribution in [0.5, 0.6) is 11.5 Å². The van der Waals surface area contributed by atoms with Crippen LogP contribution in [0.4, 0.5) is 5.69 Å². The van der Waals surface area contributed by atoms with Gasteiger partial charge in [0.15, 0.2) is 11.5 Å². The van der Waals surface area contributed by atoms with Crippen LogP contribution in [0.3, 0.4) is 0 Å². The van der Waals surface area contributed by atoms with Crippen LogP contribution >= 0.6 is 23.2 Å². The molecule has 1 heterocycles. The van der Waals surface area contributed by atoms with Crippen LogP contribution in [0.2, 0.25) is 10.0 Å². The monoisotopic (exact) mass is 661 g/mol. The molecule has 1 unspecified atom stereocenters. The molecule has 0 aromatic heterocycles. The van der Waals surface area contributed by atoms with Gasteiger partial charge in [0.1, 0.15) is 6.04 Å². The van der Waals surface area contributed by atoms with Crippen LogP contribution in [0.25, 0.3) is 0 Å². The zero-order valence-corrected chi connectivity index (χ0v) is 27.5. The van der Waals surface area contributed by atoms with Crippen molar-refractivity contribution in [2.45, 2.75) is 58.2 Å². The first-order valence-electron chi connectivity index (χ1n) is 14.2. The summed E-state index contributed by atoms with van der Waals surface area (Å²) >= 11 is 12.4. The van der Waals surface area contributed by atoms with Gasteiger partial charge < -0.3 is 19.7 Å². The third-order valence-corrected chi connectivity index (χ3v) is 8.84. The van der Waals surface area contributed by atoms with Gasteiger partial charge in [-0.05, 0) is 62.6 Å². The molecule has 1 atom stereocenters. The third kappa shape index (κ3) is 9.03. The lowest BCUT2D eigenvalue weighted by molar-refractivity contribution is -0.142. The summed E-state index contributed by atoms with van der Waals surface area (Å²) < 4.78 is 37.5. The largest absolute Gasteiger partial charge is 0.454 e. The molecule has 0 fully saturated rings. The molecule has 2 amide bonds. The molecule has 1 aliphatic rings. The first kappa shape index (κ1) is 33.4. The maximum absolute atomic E-state index is 14.0. The number of halogens is 2. The summed E-state index contributed by atoms with van der Waals surface area (Å²) in [6.45, 7) is 5.85. The molecule has 0 bridgehead atoms. The van der Waals surface area contributed by atoms with E-state index < -0.39 is 21.6 Å². The number of hydrogen-bond acceptors (Lipinski definition) is 6. The number of fused-ring (bicyclic) bond motifs is 1. The maximum Gasteiger partial charge on any atom is 0.243 e. The van der Waals surface area contributed by atoms with Crippen LogP contribution < -0.4 is 19.1 Å². The summed E-state index contributed by atoms with van der Waals surface area (Å²) in [6, 6.07) is 18.6. The minimum atomic E-state index is -3.68. The number of carbonyl (C=O) groups excluding carboxylic acids is 2. The second kappa shape index (κ2) is 14.1. The van der Waals surface area contributed by atoms with E-state index in [0.717, 1.165) is 11.8 Å². The van der Waals surface area contributed by atoms with Gasteiger partial charge in [0.2, 0.25) is 28.6 Å². The highest BCUT2D eigenvalue weighted by Gasteiger charge is 2.32. The molecule has 44 heavy (non-hydrogen) atoms. The van der Waals surface area contributed by atoms with E-state index >= 15 is 0 Å². The summed E-state index contributed by atoms with van der Waals surface area (Å²) in [7, 11) is -3.68. The highest BCUT2D eigenvalue weighted by Crippen LogP contribution is 2.36. The number of carbonyl (C=O) groups is 2. The molecule has 3 aromatic rings. The molecule has 12 heteroatoms. The van der Waals surface area contributed by atoms with Crippen molar-refractivity contribution in [3.63, 3.8) is 0 Å². The Labute approximate surface area is 269 Å². The lowest BCUT2D eigenvalue weighted by Crippen LogP contribution is -2.54. The zero-order valence-electron chi connectivity index (χ0n) is 25.2. The molecule has 0 saturated heterocycles. The zero-order chi connectivity index (χ0) is 32.1. The molecule has 0 aliphatic carbocycles. The first-order chi connectivity index (χ1) is 20.7. The van der Waals surface area contributed by atoms with Gasteiger partial charge in [-0.25, -0.2) is 8.42 Å². The molecular formula is C32H37Cl2N3O6S. The number of sulfonamides is 1. The van der Waals surface area contributed by atoms with Crippen LogP contribution in [0, 0.1) is 0 Å². The molecule has 0 radical (unpaired) electrons. The second-order valence-corrected chi connectivity index (χ2v) is 14.4. The van der Waals surface area contributed by atoms with Crippen molar-refractivity contribution < 1.29 is 27.5 Å². The average molecular weight is 663 g/mol. The first-order valence-corrected chi connectivity index (χ1v) is 16.8. The number of nitrogens with zero attached hydrogens (tertiary/aromatic N) is 2. The van der Waals surface area contributed by atoms with Gasteiger partial charge in [-0.1, -0.05) is 59.6 Å². The predicted octanol–water partition coefficient (Wildman–Crippen LogP) is 5.82. The van der Waals surface area contributed by atoms with E-state index in [-0.39, 0.29) is 51.0 Å². The van der Waals surface area contributed by atoms with Crippen LogP contribution in [-0.2, 0) is 32.6 Å². The molecule has 0 saturated carbocycles. The Morgan fingerprint density at radius 2 is 1.64 bits per heavy atom. The normalized spacial score (nSPS) is 13.3. The van der Waals surface area contributed by atoms with Gasteiger partial charge >= 0.3 is 0 Å². The number of nitrogens with one attached hydrogen (secondary N) is 1. The lowest BCUT2D eigenvalue weighted by Gasteiger charge is -2.34. The summed E-state index contributed by atoms with van der Waals surface area (Å²) in [5, 5.41) is 3.74. The van der Waals surface area contributed by atoms with Crippen LogP contribution in [-0.4, -0.2) is 56.3 Å². The topological polar surface area (TPSA) is 105 Å². The van der Waals surface area contributed by atoms with Crippen LogP contribution in [0.1, 0.15) is 44.7 Å². The minimum absolute atomic E-state index is 0.00796. The predicted molar refractivity (Wildman–Crippen MR) is 173 cm³/mol. The summed E-state index contributed by atoms with van der Waals surface area (Å²) in [4.78, 5) is 29.3. The fourth-order valence-electron chi connectivity index (χ4n) is 4.89. The summed E-state index contributed by atoms with van der Waals surface area (Å²) in [5.41, 5.74) is 1.46. The maximum atomic E-state index is 14.0. The minimum Gasteiger partial charge on any atom is -0.454 e. The highest BCUT2D eigenvalue weighted by molar-refractivity contribution is 7.92. The van der Waals surface area contributed by atoms with Crippen molar-refractivity contribution in [3.8, 4) is 11.5 Å². The van der Waals surface area contributed by atoms with Crippen molar-refractivity contribution in [3.05, 3.63) is 87.9 Å². The molecule has 0 spiro atoms. The van der Waals surface area contributed by atoms with E-state index in [2.05, 4.69) is 5.32 Å². The lowest BCUT2D eigenvalue weighted by atomic mass is 10.00. The molecule has 4 rings (SSSR count). The Morgan fingerprint density at radius 1 is 0.932 bits per heavy atom. The average Bonchev–Trinajstić information content (AvgIpc) is 3.42. The third-order valence-electron chi connectivity index (χ3n) is 6.90. The molecule has 3 aromatic carbocycles. The standard InChI is InChI=1S/C32H37Cl2N3O6S/c1-32(2,3)35-31(39)27(18-22-9-6-5-7-10-22)36(20-23-12-14-25(33)26(34)17-23)30(38)11-8-16-37(44(4,40)41)24-13-15-28-29(19-24)43-21-42-28/h5-7,9-10,12-15,17,19,27H,8,11,16,18,20-21H2,1-4H3,(H,35,39). The van der Waals surface area contributed by atoms with E-state index in [1.54, 1.807) is 41.3 Å². The number of anilines is 1. The van der Waals surface area contributed by atoms with Crippen molar-refractivity contribution in [2.75, 3.05) is 23.9 Å². The number of amides is 2. The van der Waals surface area contributed by atoms with Gasteiger partial charge in [-0.2, -0.15) is 0 Å². The Kier molecular flexibility index (Phi) is 10.7. The van der Waals surface area contributed by atoms with Crippen molar-refractivity contribution in [1.82, 2.24) is 10.2 Å². The van der Waals surface area contributed by atoms with E-state index in [9.17, 15) is 18.0 Å². The van der Waals surface area contributed by atoms with E-state index in [1.807, 2.05) is 51.1 Å². The quantitative estimate of drug-likeness (QED) is 0.262. The van der Waals surface area contributed by atoms with Gasteiger partial charge in [-0.15, -0.1) is 0 Å². The summed E-state index contributed by atoms with van der Waals surface area (Å²) in [6.07, 6.45) is 1.59. The number of benzene rings is 3. The smallest absolute Gasteiger partial charge is 0.243 e. The number of hydrogen-bond donors (Lipinski definition) is 1. The molecule has 1 aliphatic heterocycles. The fraction of sp³-hybridized carbons (Fsp3) is 0.375. The van der Waals surface area contributed by atoms with Crippen LogP contribution in [0.15, 0.2) is 66.7 Å². The Balaban J connectivity index is 1.61. The van der Waals surface area contributed by atoms with Gasteiger partial charge in [0.05, 0.1) is 22.0 Å². The second-order valence-electron chi connectivity index (χ2n) is 11.7. The van der Waals surface area contributed by atoms with Crippen molar-refractivity contribution in [1.29, 1.82) is 0 Å². The van der Waals surface area contributed by atoms with Gasteiger partial charge in [0, 0.05) is 37.5 Å². The SMILES string of the molecule is CC(C)(C)NC(=O)C(Cc1ccccc1)N(Cc1ccc(Cl)c(Cl)c1)C(=O)CCCN(c1ccc2c(c1)OCO2)S(C)(=O)=O. The highest BCUT2D eigenvalue weighted by atomic mass is 35.5. The fourth-order valence-corrected chi connectivity index (χ4v) is 6.16. The molecule has 1 N–H and O–H groups in total. The number of ether oxygens (including phenoxy) is 2. The van der Waals surface area contributed by atoms with Crippen molar-refractivity contribution in [2.24, 2.45) is 0 Å². The Hall–Kier alpha value is -3.47. The molecule has 236 valence electrons. The summed E-state index contributed by atoms with van der Waals surface area (Å²) in [5.74, 6) is 0.384. The van der Waals surface area contributed by atoms with Gasteiger partial charge in [-0.3, -0.25) is 13.9 Å². The number of rotatable bonds is 12. The van der Waals surface area contributed by atoms with Crippen molar-refractivity contribution >= 4 is 50.7 Å². The Bertz CT molecular complexity index is 1600. The van der Waals surface area contributed by atoms with E-state index in [1.165, 1.54) is 4.31 Å². The molecular weight excluding hydrogens is 625 g/mol. The Morgan fingerprint density at radius 3 is 2.30 bits per heavy atom.